The number of benzene rings is 1. The maximum absolute atomic E-state index is 13.6. The van der Waals surface area contributed by atoms with Crippen molar-refractivity contribution >= 4 is 5.69 Å². The highest BCUT2D eigenvalue weighted by Crippen LogP contribution is 2.28. The number of anilines is 1. The van der Waals surface area contributed by atoms with E-state index in [1.165, 1.54) is 18.1 Å². The summed E-state index contributed by atoms with van der Waals surface area (Å²) in [6.45, 7) is 7.29. The second kappa shape index (κ2) is 5.55. The fourth-order valence-electron chi connectivity index (χ4n) is 2.87. The van der Waals surface area contributed by atoms with Crippen LogP contribution >= 0.6 is 0 Å². The molecule has 1 aromatic rings. The van der Waals surface area contributed by atoms with Crippen LogP contribution in [0.25, 0.3) is 0 Å². The molecule has 0 aliphatic heterocycles. The first-order valence-corrected chi connectivity index (χ1v) is 6.72. The van der Waals surface area contributed by atoms with Gasteiger partial charge in [-0.25, -0.2) is 4.39 Å². The van der Waals surface area contributed by atoms with Crippen LogP contribution in [0.4, 0.5) is 10.1 Å². The lowest BCUT2D eigenvalue weighted by Gasteiger charge is -2.26. The SMILES string of the molecule is CC1=CC(C)CC(CNc2cc(C)ccc2F)C1. The Morgan fingerprint density at radius 2 is 2.11 bits per heavy atom. The van der Waals surface area contributed by atoms with Gasteiger partial charge in [-0.3, -0.25) is 0 Å². The number of nitrogens with one attached hydrogen (secondary N) is 1. The van der Waals surface area contributed by atoms with Gasteiger partial charge in [-0.15, -0.1) is 0 Å². The molecule has 0 bridgehead atoms. The summed E-state index contributed by atoms with van der Waals surface area (Å²) in [6.07, 6.45) is 4.67. The van der Waals surface area contributed by atoms with Gasteiger partial charge in [-0.05, 0) is 56.2 Å². The zero-order valence-electron chi connectivity index (χ0n) is 11.5. The van der Waals surface area contributed by atoms with Gasteiger partial charge in [0, 0.05) is 6.54 Å². The van der Waals surface area contributed by atoms with Crippen LogP contribution in [0.3, 0.4) is 0 Å². The van der Waals surface area contributed by atoms with Crippen LogP contribution in [0.2, 0.25) is 0 Å². The van der Waals surface area contributed by atoms with Crippen molar-refractivity contribution < 1.29 is 4.39 Å². The standard InChI is InChI=1S/C16H22FN/c1-11-4-5-15(17)16(9-11)18-10-14-7-12(2)6-13(3)8-14/h4-6,9,12,14,18H,7-8,10H2,1-3H3. The Labute approximate surface area is 109 Å². The van der Waals surface area contributed by atoms with Crippen molar-refractivity contribution in [3.63, 3.8) is 0 Å². The lowest BCUT2D eigenvalue weighted by Crippen LogP contribution is -2.20. The molecule has 1 nitrogen and oxygen atoms in total. The zero-order chi connectivity index (χ0) is 13.1. The van der Waals surface area contributed by atoms with E-state index in [9.17, 15) is 4.39 Å². The first-order chi connectivity index (χ1) is 8.54. The van der Waals surface area contributed by atoms with Gasteiger partial charge < -0.3 is 5.32 Å². The Hall–Kier alpha value is -1.31. The highest BCUT2D eigenvalue weighted by Gasteiger charge is 2.18. The molecule has 0 aromatic heterocycles. The molecule has 0 amide bonds. The van der Waals surface area contributed by atoms with Gasteiger partial charge in [0.25, 0.3) is 0 Å². The Bertz CT molecular complexity index is 450. The van der Waals surface area contributed by atoms with Gasteiger partial charge in [0.1, 0.15) is 5.82 Å². The summed E-state index contributed by atoms with van der Waals surface area (Å²) in [5, 5.41) is 3.26. The van der Waals surface area contributed by atoms with Crippen LogP contribution in [0, 0.1) is 24.6 Å². The third-order valence-electron chi connectivity index (χ3n) is 3.59. The summed E-state index contributed by atoms with van der Waals surface area (Å²) < 4.78 is 13.6. The Kier molecular flexibility index (Phi) is 4.05. The third kappa shape index (κ3) is 3.34. The van der Waals surface area contributed by atoms with Gasteiger partial charge in [-0.1, -0.05) is 24.6 Å². The average Bonchev–Trinajstić information content (AvgIpc) is 2.29. The number of aryl methyl sites for hydroxylation is 1. The van der Waals surface area contributed by atoms with Crippen LogP contribution < -0.4 is 5.32 Å². The van der Waals surface area contributed by atoms with Gasteiger partial charge in [0.2, 0.25) is 0 Å². The van der Waals surface area contributed by atoms with Crippen molar-refractivity contribution in [2.45, 2.75) is 33.6 Å². The van der Waals surface area contributed by atoms with Gasteiger partial charge in [0.05, 0.1) is 5.69 Å². The molecule has 1 aliphatic rings. The van der Waals surface area contributed by atoms with Crippen LogP contribution in [-0.2, 0) is 0 Å². The highest BCUT2D eigenvalue weighted by atomic mass is 19.1. The minimum absolute atomic E-state index is 0.156. The first kappa shape index (κ1) is 13.1. The summed E-state index contributed by atoms with van der Waals surface area (Å²) in [5.74, 6) is 1.11. The maximum atomic E-state index is 13.6. The molecule has 0 radical (unpaired) electrons. The molecule has 1 aliphatic carbocycles. The predicted molar refractivity (Wildman–Crippen MR) is 75.3 cm³/mol. The molecule has 0 spiro atoms. The molecule has 0 saturated heterocycles. The topological polar surface area (TPSA) is 12.0 Å². The third-order valence-corrected chi connectivity index (χ3v) is 3.59. The number of rotatable bonds is 3. The largest absolute Gasteiger partial charge is 0.382 e. The van der Waals surface area contributed by atoms with E-state index in [2.05, 4.69) is 25.2 Å². The summed E-state index contributed by atoms with van der Waals surface area (Å²) in [5.41, 5.74) is 3.19. The zero-order valence-corrected chi connectivity index (χ0v) is 11.5. The Morgan fingerprint density at radius 1 is 1.33 bits per heavy atom. The molecule has 2 unspecified atom stereocenters. The van der Waals surface area contributed by atoms with E-state index in [-0.39, 0.29) is 5.82 Å². The molecule has 2 heteroatoms. The summed E-state index contributed by atoms with van der Waals surface area (Å²) >= 11 is 0. The summed E-state index contributed by atoms with van der Waals surface area (Å²) in [4.78, 5) is 0. The van der Waals surface area contributed by atoms with E-state index in [0.29, 0.717) is 17.5 Å². The summed E-state index contributed by atoms with van der Waals surface area (Å²) in [6, 6.07) is 5.21. The van der Waals surface area contributed by atoms with E-state index >= 15 is 0 Å². The minimum Gasteiger partial charge on any atom is -0.382 e. The lowest BCUT2D eigenvalue weighted by atomic mass is 9.84. The Balaban J connectivity index is 1.96. The molecule has 2 atom stereocenters. The lowest BCUT2D eigenvalue weighted by molar-refractivity contribution is 0.420. The Morgan fingerprint density at radius 3 is 2.83 bits per heavy atom. The molecule has 0 fully saturated rings. The smallest absolute Gasteiger partial charge is 0.146 e. The fraction of sp³-hybridized carbons (Fsp3) is 0.500. The van der Waals surface area contributed by atoms with E-state index in [1.54, 1.807) is 6.07 Å². The van der Waals surface area contributed by atoms with Gasteiger partial charge in [0.15, 0.2) is 0 Å². The number of hydrogen-bond donors (Lipinski definition) is 1. The average molecular weight is 247 g/mol. The van der Waals surface area contributed by atoms with E-state index in [0.717, 1.165) is 18.5 Å². The van der Waals surface area contributed by atoms with E-state index in [1.807, 2.05) is 13.0 Å². The van der Waals surface area contributed by atoms with Crippen molar-refractivity contribution in [3.8, 4) is 0 Å². The molecular weight excluding hydrogens is 225 g/mol. The number of halogens is 1. The van der Waals surface area contributed by atoms with Crippen molar-refractivity contribution in [1.82, 2.24) is 0 Å². The van der Waals surface area contributed by atoms with Gasteiger partial charge >= 0.3 is 0 Å². The monoisotopic (exact) mass is 247 g/mol. The van der Waals surface area contributed by atoms with Crippen molar-refractivity contribution in [3.05, 3.63) is 41.2 Å². The molecule has 18 heavy (non-hydrogen) atoms. The van der Waals surface area contributed by atoms with Gasteiger partial charge in [-0.2, -0.15) is 0 Å². The highest BCUT2D eigenvalue weighted by molar-refractivity contribution is 5.47. The molecule has 0 saturated carbocycles. The number of hydrogen-bond acceptors (Lipinski definition) is 1. The minimum atomic E-state index is -0.156. The van der Waals surface area contributed by atoms with Crippen molar-refractivity contribution in [2.24, 2.45) is 11.8 Å². The molecule has 0 heterocycles. The number of allylic oxidation sites excluding steroid dienone is 2. The second-order valence-electron chi connectivity index (χ2n) is 5.66. The van der Waals surface area contributed by atoms with Crippen molar-refractivity contribution in [2.75, 3.05) is 11.9 Å². The molecule has 1 N–H and O–H groups in total. The second-order valence-corrected chi connectivity index (χ2v) is 5.66. The van der Waals surface area contributed by atoms with Crippen molar-refractivity contribution in [1.29, 1.82) is 0 Å². The molecule has 2 rings (SSSR count). The molecule has 98 valence electrons. The first-order valence-electron chi connectivity index (χ1n) is 6.72. The maximum Gasteiger partial charge on any atom is 0.146 e. The van der Waals surface area contributed by atoms with Crippen LogP contribution in [0.5, 0.6) is 0 Å². The van der Waals surface area contributed by atoms with E-state index in [4.69, 9.17) is 0 Å². The van der Waals surface area contributed by atoms with Crippen LogP contribution in [0.15, 0.2) is 29.8 Å². The van der Waals surface area contributed by atoms with E-state index < -0.39 is 0 Å². The molecule has 1 aromatic carbocycles. The quantitative estimate of drug-likeness (QED) is 0.773. The van der Waals surface area contributed by atoms with Crippen LogP contribution in [0.1, 0.15) is 32.3 Å². The predicted octanol–water partition coefficient (Wildman–Crippen LogP) is 4.54. The normalized spacial score (nSPS) is 23.7. The fourth-order valence-corrected chi connectivity index (χ4v) is 2.87. The summed E-state index contributed by atoms with van der Waals surface area (Å²) in [7, 11) is 0. The van der Waals surface area contributed by atoms with Crippen LogP contribution in [-0.4, -0.2) is 6.54 Å². The molecular formula is C16H22FN.